The van der Waals surface area contributed by atoms with Crippen LogP contribution in [0.25, 0.3) is 0 Å². The van der Waals surface area contributed by atoms with E-state index in [1.165, 1.54) is 6.92 Å². The Morgan fingerprint density at radius 1 is 1.11 bits per heavy atom. The fraction of sp³-hybridized carbons (Fsp3) is 0.364. The Morgan fingerprint density at radius 3 is 2.33 bits per heavy atom. The van der Waals surface area contributed by atoms with Crippen LogP contribution in [0.15, 0.2) is 42.5 Å². The number of hydrogen-bond donors (Lipinski definition) is 1. The van der Waals surface area contributed by atoms with Gasteiger partial charge < -0.3 is 15.0 Å². The van der Waals surface area contributed by atoms with Crippen LogP contribution in [-0.4, -0.2) is 25.5 Å². The van der Waals surface area contributed by atoms with Crippen LogP contribution in [0.5, 0.6) is 5.75 Å². The van der Waals surface area contributed by atoms with Crippen molar-refractivity contribution in [2.75, 3.05) is 18.6 Å². The van der Waals surface area contributed by atoms with E-state index >= 15 is 0 Å². The molecule has 0 aliphatic heterocycles. The van der Waals surface area contributed by atoms with E-state index in [9.17, 15) is 9.59 Å². The third-order valence-corrected chi connectivity index (χ3v) is 4.49. The molecular weight excluding hydrogens is 340 g/mol. The molecule has 0 bridgehead atoms. The zero-order valence-corrected chi connectivity index (χ0v) is 16.7. The van der Waals surface area contributed by atoms with Gasteiger partial charge in [0.25, 0.3) is 0 Å². The molecule has 0 heterocycles. The van der Waals surface area contributed by atoms with Crippen molar-refractivity contribution in [3.05, 3.63) is 59.2 Å². The lowest BCUT2D eigenvalue weighted by atomic mass is 9.97. The highest BCUT2D eigenvalue weighted by Crippen LogP contribution is 2.31. The predicted molar refractivity (Wildman–Crippen MR) is 108 cm³/mol. The fourth-order valence-corrected chi connectivity index (χ4v) is 3.01. The van der Waals surface area contributed by atoms with E-state index in [2.05, 4.69) is 19.2 Å². The zero-order valence-electron chi connectivity index (χ0n) is 16.7. The molecular formula is C22H28N2O3. The van der Waals surface area contributed by atoms with Gasteiger partial charge in [0.15, 0.2) is 0 Å². The molecule has 0 spiro atoms. The second-order valence-corrected chi connectivity index (χ2v) is 6.90. The van der Waals surface area contributed by atoms with Gasteiger partial charge in [-0.2, -0.15) is 0 Å². The summed E-state index contributed by atoms with van der Waals surface area (Å²) in [5, 5.41) is 2.89. The molecule has 0 fully saturated rings. The standard InChI is InChI=1S/C22H28N2O3/c1-15(2)20-8-6-7-16(3)22(20)24(17(4)25)14-21(26)23-13-18-9-11-19(27-5)12-10-18/h6-12,15H,13-14H2,1-5H3,(H,23,26). The first-order valence-electron chi connectivity index (χ1n) is 9.10. The van der Waals surface area contributed by atoms with E-state index in [4.69, 9.17) is 4.74 Å². The second-order valence-electron chi connectivity index (χ2n) is 6.90. The van der Waals surface area contributed by atoms with Crippen molar-refractivity contribution < 1.29 is 14.3 Å². The molecule has 0 aliphatic carbocycles. The summed E-state index contributed by atoms with van der Waals surface area (Å²) in [5.74, 6) is 0.683. The maximum atomic E-state index is 12.5. The molecule has 144 valence electrons. The van der Waals surface area contributed by atoms with Gasteiger partial charge in [0.2, 0.25) is 11.8 Å². The van der Waals surface area contributed by atoms with Crippen molar-refractivity contribution in [2.45, 2.75) is 40.2 Å². The lowest BCUT2D eigenvalue weighted by Gasteiger charge is -2.27. The molecule has 0 saturated heterocycles. The van der Waals surface area contributed by atoms with E-state index in [0.29, 0.717) is 6.54 Å². The van der Waals surface area contributed by atoms with E-state index in [1.54, 1.807) is 12.0 Å². The number of benzene rings is 2. The van der Waals surface area contributed by atoms with Crippen LogP contribution in [0.3, 0.4) is 0 Å². The lowest BCUT2D eigenvalue weighted by molar-refractivity contribution is -0.123. The second kappa shape index (κ2) is 9.21. The third-order valence-electron chi connectivity index (χ3n) is 4.49. The van der Waals surface area contributed by atoms with Gasteiger partial charge in [-0.25, -0.2) is 0 Å². The maximum absolute atomic E-state index is 12.5. The van der Waals surface area contributed by atoms with Crippen LogP contribution in [0.4, 0.5) is 5.69 Å². The number of carbonyl (C=O) groups is 2. The lowest BCUT2D eigenvalue weighted by Crippen LogP contribution is -2.40. The minimum atomic E-state index is -0.195. The molecule has 0 aliphatic rings. The monoisotopic (exact) mass is 368 g/mol. The number of carbonyl (C=O) groups excluding carboxylic acids is 2. The van der Waals surface area contributed by atoms with E-state index in [0.717, 1.165) is 28.1 Å². The Balaban J connectivity index is 2.12. The summed E-state index contributed by atoms with van der Waals surface area (Å²) in [5.41, 5.74) is 3.85. The molecule has 2 rings (SSSR count). The molecule has 27 heavy (non-hydrogen) atoms. The van der Waals surface area contributed by atoms with Gasteiger partial charge in [0.1, 0.15) is 12.3 Å². The zero-order chi connectivity index (χ0) is 20.0. The minimum absolute atomic E-state index is 0.00391. The van der Waals surface area contributed by atoms with Crippen LogP contribution in [0, 0.1) is 6.92 Å². The normalized spacial score (nSPS) is 10.6. The van der Waals surface area contributed by atoms with Crippen molar-refractivity contribution in [1.29, 1.82) is 0 Å². The van der Waals surface area contributed by atoms with Gasteiger partial charge in [0, 0.05) is 13.5 Å². The van der Waals surface area contributed by atoms with Gasteiger partial charge in [-0.15, -0.1) is 0 Å². The van der Waals surface area contributed by atoms with Crippen molar-refractivity contribution in [3.8, 4) is 5.75 Å². The smallest absolute Gasteiger partial charge is 0.240 e. The summed E-state index contributed by atoms with van der Waals surface area (Å²) in [7, 11) is 1.62. The van der Waals surface area contributed by atoms with Gasteiger partial charge >= 0.3 is 0 Å². The summed E-state index contributed by atoms with van der Waals surface area (Å²) in [6, 6.07) is 13.5. The number of ether oxygens (including phenoxy) is 1. The molecule has 0 radical (unpaired) electrons. The quantitative estimate of drug-likeness (QED) is 0.809. The average Bonchev–Trinajstić information content (AvgIpc) is 2.64. The Kier molecular flexibility index (Phi) is 6.99. The molecule has 2 aromatic rings. The fourth-order valence-electron chi connectivity index (χ4n) is 3.01. The third kappa shape index (κ3) is 5.33. The van der Waals surface area contributed by atoms with E-state index in [-0.39, 0.29) is 24.3 Å². The van der Waals surface area contributed by atoms with Crippen LogP contribution < -0.4 is 15.0 Å². The van der Waals surface area contributed by atoms with Crippen LogP contribution in [0.1, 0.15) is 43.4 Å². The highest BCUT2D eigenvalue weighted by atomic mass is 16.5. The molecule has 1 N–H and O–H groups in total. The predicted octanol–water partition coefficient (Wildman–Crippen LogP) is 3.80. The first kappa shape index (κ1) is 20.5. The SMILES string of the molecule is COc1ccc(CNC(=O)CN(C(C)=O)c2c(C)cccc2C(C)C)cc1. The molecule has 0 unspecified atom stereocenters. The van der Waals surface area contributed by atoms with Gasteiger partial charge in [-0.1, -0.05) is 44.2 Å². The number of nitrogens with one attached hydrogen (secondary N) is 1. The Morgan fingerprint density at radius 2 is 1.78 bits per heavy atom. The summed E-state index contributed by atoms with van der Waals surface area (Å²) >= 11 is 0. The van der Waals surface area contributed by atoms with Crippen LogP contribution in [-0.2, 0) is 16.1 Å². The first-order valence-corrected chi connectivity index (χ1v) is 9.10. The Bertz CT molecular complexity index is 798. The number of aryl methyl sites for hydroxylation is 1. The molecule has 2 amide bonds. The van der Waals surface area contributed by atoms with Gasteiger partial charge in [-0.3, -0.25) is 9.59 Å². The van der Waals surface area contributed by atoms with E-state index < -0.39 is 0 Å². The molecule has 2 aromatic carbocycles. The Hall–Kier alpha value is -2.82. The molecule has 0 saturated carbocycles. The summed E-state index contributed by atoms with van der Waals surface area (Å²) < 4.78 is 5.13. The molecule has 0 aromatic heterocycles. The molecule has 0 atom stereocenters. The van der Waals surface area contributed by atoms with E-state index in [1.807, 2.05) is 49.4 Å². The topological polar surface area (TPSA) is 58.6 Å². The highest BCUT2D eigenvalue weighted by molar-refractivity contribution is 5.98. The highest BCUT2D eigenvalue weighted by Gasteiger charge is 2.21. The van der Waals surface area contributed by atoms with Crippen LogP contribution in [0.2, 0.25) is 0 Å². The van der Waals surface area contributed by atoms with Crippen LogP contribution >= 0.6 is 0 Å². The Labute approximate surface area is 161 Å². The first-order chi connectivity index (χ1) is 12.8. The number of amides is 2. The number of hydrogen-bond acceptors (Lipinski definition) is 3. The summed E-state index contributed by atoms with van der Waals surface area (Å²) in [6.45, 7) is 8.02. The maximum Gasteiger partial charge on any atom is 0.240 e. The van der Waals surface area contributed by atoms with Crippen molar-refractivity contribution in [2.24, 2.45) is 0 Å². The van der Waals surface area contributed by atoms with Gasteiger partial charge in [0.05, 0.1) is 12.8 Å². The van der Waals surface area contributed by atoms with Gasteiger partial charge in [-0.05, 0) is 41.7 Å². The number of methoxy groups -OCH3 is 1. The number of rotatable bonds is 7. The van der Waals surface area contributed by atoms with Crippen molar-refractivity contribution >= 4 is 17.5 Å². The summed E-state index contributed by atoms with van der Waals surface area (Å²) in [4.78, 5) is 26.3. The largest absolute Gasteiger partial charge is 0.497 e. The summed E-state index contributed by atoms with van der Waals surface area (Å²) in [6.07, 6.45) is 0. The molecule has 5 nitrogen and oxygen atoms in total. The number of anilines is 1. The number of nitrogens with zero attached hydrogens (tertiary/aromatic N) is 1. The van der Waals surface area contributed by atoms with Crippen molar-refractivity contribution in [1.82, 2.24) is 5.32 Å². The van der Waals surface area contributed by atoms with Crippen molar-refractivity contribution in [3.63, 3.8) is 0 Å². The minimum Gasteiger partial charge on any atom is -0.497 e. The number of para-hydroxylation sites is 1. The molecule has 5 heteroatoms. The average molecular weight is 368 g/mol.